The predicted octanol–water partition coefficient (Wildman–Crippen LogP) is 4.74. The number of carbonyl (C=O) groups excluding carboxylic acids is 3. The smallest absolute Gasteiger partial charge is 0.269 e. The van der Waals surface area contributed by atoms with Crippen molar-refractivity contribution in [1.82, 2.24) is 10.9 Å². The van der Waals surface area contributed by atoms with Gasteiger partial charge in [-0.3, -0.25) is 25.2 Å². The summed E-state index contributed by atoms with van der Waals surface area (Å²) < 4.78 is 6.44. The fourth-order valence-corrected chi connectivity index (χ4v) is 3.43. The van der Waals surface area contributed by atoms with Gasteiger partial charge < -0.3 is 10.1 Å². The number of ether oxygens (including phenoxy) is 1. The van der Waals surface area contributed by atoms with Crippen molar-refractivity contribution in [1.29, 1.82) is 0 Å². The van der Waals surface area contributed by atoms with Crippen LogP contribution in [0.1, 0.15) is 40.1 Å². The van der Waals surface area contributed by atoms with E-state index in [4.69, 9.17) is 4.74 Å². The number of hydrazine groups is 1. The minimum Gasteiger partial charge on any atom is -0.492 e. The number of anilines is 1. The minimum atomic E-state index is -0.477. The second-order valence-electron chi connectivity index (χ2n) is 7.86. The van der Waals surface area contributed by atoms with Gasteiger partial charge in [0.25, 0.3) is 11.8 Å². The Morgan fingerprint density at radius 2 is 1.47 bits per heavy atom. The molecule has 0 bridgehead atoms. The molecule has 0 aliphatic rings. The van der Waals surface area contributed by atoms with E-state index in [1.807, 2.05) is 30.3 Å². The first-order valence-electron chi connectivity index (χ1n) is 10.8. The summed E-state index contributed by atoms with van der Waals surface area (Å²) >= 11 is 3.43. The Bertz CT molecular complexity index is 1150. The number of halogens is 1. The normalized spacial score (nSPS) is 10.5. The van der Waals surface area contributed by atoms with Gasteiger partial charge >= 0.3 is 0 Å². The number of carbonyl (C=O) groups is 3. The third-order valence-corrected chi connectivity index (χ3v) is 5.53. The van der Waals surface area contributed by atoms with Gasteiger partial charge in [-0.25, -0.2) is 0 Å². The molecule has 0 aliphatic heterocycles. The first-order chi connectivity index (χ1) is 16.3. The summed E-state index contributed by atoms with van der Waals surface area (Å²) in [6, 6.07) is 21.4. The number of amides is 3. The molecular weight excluding hydrogens is 498 g/mol. The molecule has 3 N–H and O–H groups in total. The van der Waals surface area contributed by atoms with Gasteiger partial charge in [0.15, 0.2) is 0 Å². The zero-order valence-corrected chi connectivity index (χ0v) is 20.5. The van der Waals surface area contributed by atoms with Crippen LogP contribution in [0.5, 0.6) is 5.75 Å². The van der Waals surface area contributed by atoms with E-state index in [-0.39, 0.29) is 11.8 Å². The van der Waals surface area contributed by atoms with Crippen LogP contribution in [-0.4, -0.2) is 24.3 Å². The Morgan fingerprint density at radius 3 is 2.09 bits per heavy atom. The number of rotatable bonds is 8. The van der Waals surface area contributed by atoms with Gasteiger partial charge in [0, 0.05) is 29.2 Å². The molecule has 34 heavy (non-hydrogen) atoms. The maximum Gasteiger partial charge on any atom is 0.269 e. The second kappa shape index (κ2) is 12.0. The van der Waals surface area contributed by atoms with Crippen LogP contribution in [-0.2, 0) is 11.2 Å². The van der Waals surface area contributed by atoms with E-state index in [1.54, 1.807) is 56.3 Å². The summed E-state index contributed by atoms with van der Waals surface area (Å²) in [5, 5.41) is 2.75. The van der Waals surface area contributed by atoms with Crippen LogP contribution in [0.25, 0.3) is 0 Å². The predicted molar refractivity (Wildman–Crippen MR) is 135 cm³/mol. The first kappa shape index (κ1) is 25.0. The molecule has 0 aromatic heterocycles. The topological polar surface area (TPSA) is 96.5 Å². The molecule has 3 amide bonds. The summed E-state index contributed by atoms with van der Waals surface area (Å²) in [6.07, 6.45) is 0.770. The van der Waals surface area contributed by atoms with E-state index in [2.05, 4.69) is 32.1 Å². The van der Waals surface area contributed by atoms with Crippen molar-refractivity contribution in [3.8, 4) is 5.75 Å². The van der Waals surface area contributed by atoms with Crippen LogP contribution in [0.2, 0.25) is 0 Å². The van der Waals surface area contributed by atoms with Crippen molar-refractivity contribution in [3.63, 3.8) is 0 Å². The standard InChI is InChI=1S/C26H26BrN3O4/c1-17(2)24(31)28-21-11-8-19(9-12-21)25(32)29-30-26(33)20-10-13-23(22(27)16-20)34-15-14-18-6-4-3-5-7-18/h3-13,16-17H,14-15H2,1-2H3,(H,28,31)(H,29,32)(H,30,33). The van der Waals surface area contributed by atoms with E-state index >= 15 is 0 Å². The fraction of sp³-hybridized carbons (Fsp3) is 0.192. The molecule has 3 aromatic rings. The number of hydrogen-bond acceptors (Lipinski definition) is 4. The second-order valence-corrected chi connectivity index (χ2v) is 8.71. The number of benzene rings is 3. The van der Waals surface area contributed by atoms with Crippen LogP contribution in [0.15, 0.2) is 77.3 Å². The summed E-state index contributed by atoms with van der Waals surface area (Å²) in [6.45, 7) is 4.10. The molecule has 3 aromatic carbocycles. The van der Waals surface area contributed by atoms with Gasteiger partial charge in [0.1, 0.15) is 5.75 Å². The molecule has 0 unspecified atom stereocenters. The summed E-state index contributed by atoms with van der Waals surface area (Å²) in [4.78, 5) is 36.5. The van der Waals surface area contributed by atoms with Gasteiger partial charge in [-0.2, -0.15) is 0 Å². The van der Waals surface area contributed by atoms with Crippen LogP contribution in [0.4, 0.5) is 5.69 Å². The van der Waals surface area contributed by atoms with E-state index in [1.165, 1.54) is 5.56 Å². The van der Waals surface area contributed by atoms with Gasteiger partial charge in [-0.1, -0.05) is 44.2 Å². The minimum absolute atomic E-state index is 0.108. The maximum atomic E-state index is 12.4. The molecule has 0 atom stereocenters. The highest BCUT2D eigenvalue weighted by molar-refractivity contribution is 9.10. The van der Waals surface area contributed by atoms with Gasteiger partial charge in [-0.05, 0) is 64.0 Å². The molecule has 0 fully saturated rings. The summed E-state index contributed by atoms with van der Waals surface area (Å²) in [7, 11) is 0. The number of hydrogen-bond donors (Lipinski definition) is 3. The zero-order chi connectivity index (χ0) is 24.5. The van der Waals surface area contributed by atoms with Gasteiger partial charge in [-0.15, -0.1) is 0 Å². The Kier molecular flexibility index (Phi) is 8.81. The van der Waals surface area contributed by atoms with Crippen molar-refractivity contribution in [2.24, 2.45) is 5.92 Å². The van der Waals surface area contributed by atoms with E-state index in [0.717, 1.165) is 6.42 Å². The molecular formula is C26H26BrN3O4. The van der Waals surface area contributed by atoms with Crippen molar-refractivity contribution in [3.05, 3.63) is 94.0 Å². The molecule has 0 heterocycles. The highest BCUT2D eigenvalue weighted by Crippen LogP contribution is 2.26. The molecule has 0 saturated heterocycles. The van der Waals surface area contributed by atoms with Crippen molar-refractivity contribution < 1.29 is 19.1 Å². The van der Waals surface area contributed by atoms with Crippen LogP contribution < -0.4 is 20.9 Å². The molecule has 0 radical (unpaired) electrons. The molecule has 8 heteroatoms. The molecule has 0 saturated carbocycles. The molecule has 176 valence electrons. The Balaban J connectivity index is 1.49. The SMILES string of the molecule is CC(C)C(=O)Nc1ccc(C(=O)NNC(=O)c2ccc(OCCc3ccccc3)c(Br)c2)cc1. The van der Waals surface area contributed by atoms with Gasteiger partial charge in [0.2, 0.25) is 5.91 Å². The lowest BCUT2D eigenvalue weighted by molar-refractivity contribution is -0.118. The lowest BCUT2D eigenvalue weighted by Gasteiger charge is -2.11. The average molecular weight is 524 g/mol. The van der Waals surface area contributed by atoms with Gasteiger partial charge in [0.05, 0.1) is 11.1 Å². The monoisotopic (exact) mass is 523 g/mol. The maximum absolute atomic E-state index is 12.4. The fourth-order valence-electron chi connectivity index (χ4n) is 2.93. The molecule has 7 nitrogen and oxygen atoms in total. The molecule has 0 spiro atoms. The highest BCUT2D eigenvalue weighted by atomic mass is 79.9. The molecule has 3 rings (SSSR count). The third-order valence-electron chi connectivity index (χ3n) is 4.91. The Morgan fingerprint density at radius 1 is 0.853 bits per heavy atom. The molecule has 0 aliphatic carbocycles. The summed E-state index contributed by atoms with van der Waals surface area (Å²) in [5.74, 6) is -0.571. The average Bonchev–Trinajstić information content (AvgIpc) is 2.84. The van der Waals surface area contributed by atoms with E-state index in [0.29, 0.717) is 33.6 Å². The van der Waals surface area contributed by atoms with E-state index < -0.39 is 11.8 Å². The Hall–Kier alpha value is -3.65. The van der Waals surface area contributed by atoms with Crippen molar-refractivity contribution in [2.45, 2.75) is 20.3 Å². The first-order valence-corrected chi connectivity index (χ1v) is 11.6. The highest BCUT2D eigenvalue weighted by Gasteiger charge is 2.12. The van der Waals surface area contributed by atoms with Crippen LogP contribution in [0, 0.1) is 5.92 Å². The van der Waals surface area contributed by atoms with Crippen LogP contribution in [0.3, 0.4) is 0 Å². The lowest BCUT2D eigenvalue weighted by Crippen LogP contribution is -2.41. The largest absolute Gasteiger partial charge is 0.492 e. The van der Waals surface area contributed by atoms with E-state index in [9.17, 15) is 14.4 Å². The Labute approximate surface area is 207 Å². The van der Waals surface area contributed by atoms with Crippen molar-refractivity contribution in [2.75, 3.05) is 11.9 Å². The lowest BCUT2D eigenvalue weighted by atomic mass is 10.1. The number of nitrogens with one attached hydrogen (secondary N) is 3. The third kappa shape index (κ3) is 7.18. The van der Waals surface area contributed by atoms with Crippen LogP contribution >= 0.6 is 15.9 Å². The summed E-state index contributed by atoms with van der Waals surface area (Å²) in [5.41, 5.74) is 7.26. The zero-order valence-electron chi connectivity index (χ0n) is 18.9. The van der Waals surface area contributed by atoms with Crippen molar-refractivity contribution >= 4 is 39.3 Å². The quantitative estimate of drug-likeness (QED) is 0.371.